The zero-order chi connectivity index (χ0) is 16.7. The highest BCUT2D eigenvalue weighted by Gasteiger charge is 2.48. The summed E-state index contributed by atoms with van der Waals surface area (Å²) in [6.07, 6.45) is 4.80. The van der Waals surface area contributed by atoms with Gasteiger partial charge in [0.2, 0.25) is 5.91 Å². The van der Waals surface area contributed by atoms with Gasteiger partial charge >= 0.3 is 6.03 Å². The minimum atomic E-state index is -0.818. The predicted molar refractivity (Wildman–Crippen MR) is 87.4 cm³/mol. The summed E-state index contributed by atoms with van der Waals surface area (Å²) in [7, 11) is 0. The molecule has 4 rings (SSSR count). The van der Waals surface area contributed by atoms with Crippen LogP contribution in [0.3, 0.4) is 0 Å². The molecule has 4 amide bonds. The van der Waals surface area contributed by atoms with Crippen molar-refractivity contribution in [2.45, 2.75) is 44.1 Å². The summed E-state index contributed by atoms with van der Waals surface area (Å²) >= 11 is 0. The van der Waals surface area contributed by atoms with E-state index in [9.17, 15) is 14.4 Å². The zero-order valence-electron chi connectivity index (χ0n) is 13.6. The van der Waals surface area contributed by atoms with Crippen molar-refractivity contribution in [3.63, 3.8) is 0 Å². The van der Waals surface area contributed by atoms with Crippen molar-refractivity contribution in [3.8, 4) is 0 Å². The van der Waals surface area contributed by atoms with Crippen LogP contribution in [0.25, 0.3) is 0 Å². The number of nitrogens with zero attached hydrogens (tertiary/aromatic N) is 1. The Labute approximate surface area is 140 Å². The van der Waals surface area contributed by atoms with E-state index in [0.29, 0.717) is 32.4 Å². The van der Waals surface area contributed by atoms with Gasteiger partial charge in [-0.2, -0.15) is 0 Å². The molecule has 6 heteroatoms. The lowest BCUT2D eigenvalue weighted by Crippen LogP contribution is -2.55. The molecule has 2 heterocycles. The van der Waals surface area contributed by atoms with E-state index in [4.69, 9.17) is 0 Å². The third-order valence-electron chi connectivity index (χ3n) is 5.50. The molecule has 2 aliphatic heterocycles. The Morgan fingerprint density at radius 2 is 1.88 bits per heavy atom. The summed E-state index contributed by atoms with van der Waals surface area (Å²) in [5.41, 5.74) is 3.03. The topological polar surface area (TPSA) is 78.5 Å². The lowest BCUT2D eigenvalue weighted by Gasteiger charge is -2.37. The van der Waals surface area contributed by atoms with Crippen LogP contribution in [-0.4, -0.2) is 41.4 Å². The Balaban J connectivity index is 1.38. The number of hydrogen-bond acceptors (Lipinski definition) is 3. The molecule has 0 bridgehead atoms. The molecule has 0 atom stereocenters. The van der Waals surface area contributed by atoms with Gasteiger partial charge in [-0.15, -0.1) is 0 Å². The second-order valence-corrected chi connectivity index (χ2v) is 7.00. The first kappa shape index (κ1) is 15.2. The Bertz CT molecular complexity index is 720. The second-order valence-electron chi connectivity index (χ2n) is 7.00. The highest BCUT2D eigenvalue weighted by molar-refractivity contribution is 6.07. The minimum Gasteiger partial charge on any atom is -0.342 e. The van der Waals surface area contributed by atoms with E-state index in [1.807, 2.05) is 0 Å². The van der Waals surface area contributed by atoms with Gasteiger partial charge in [0, 0.05) is 13.1 Å². The molecule has 0 aromatic heterocycles. The maximum Gasteiger partial charge on any atom is 0.322 e. The fourth-order valence-electron chi connectivity index (χ4n) is 4.04. The minimum absolute atomic E-state index is 0.0903. The van der Waals surface area contributed by atoms with Gasteiger partial charge in [-0.25, -0.2) is 4.79 Å². The molecular weight excluding hydrogens is 306 g/mol. The van der Waals surface area contributed by atoms with Gasteiger partial charge < -0.3 is 10.2 Å². The number of imide groups is 1. The van der Waals surface area contributed by atoms with Crippen LogP contribution in [0, 0.1) is 0 Å². The first-order chi connectivity index (χ1) is 11.6. The van der Waals surface area contributed by atoms with Gasteiger partial charge in [0.1, 0.15) is 5.54 Å². The summed E-state index contributed by atoms with van der Waals surface area (Å²) in [6, 6.07) is 5.93. The molecule has 126 valence electrons. The lowest BCUT2D eigenvalue weighted by atomic mass is 9.87. The number of benzene rings is 1. The first-order valence-electron chi connectivity index (χ1n) is 8.58. The second kappa shape index (κ2) is 5.61. The van der Waals surface area contributed by atoms with Crippen molar-refractivity contribution in [2.24, 2.45) is 0 Å². The molecule has 1 aromatic carbocycles. The molecule has 1 aliphatic carbocycles. The molecule has 6 nitrogen and oxygen atoms in total. The fourth-order valence-corrected chi connectivity index (χ4v) is 4.04. The van der Waals surface area contributed by atoms with E-state index < -0.39 is 11.6 Å². The van der Waals surface area contributed by atoms with Crippen molar-refractivity contribution in [1.82, 2.24) is 15.5 Å². The third kappa shape index (κ3) is 2.56. The number of amides is 4. The van der Waals surface area contributed by atoms with Crippen molar-refractivity contribution in [3.05, 3.63) is 34.9 Å². The van der Waals surface area contributed by atoms with Gasteiger partial charge in [0.05, 0.1) is 6.42 Å². The normalized spacial score (nSPS) is 21.6. The van der Waals surface area contributed by atoms with E-state index in [1.54, 1.807) is 4.90 Å². The number of aryl methyl sites for hydroxylation is 2. The number of rotatable bonds is 2. The summed E-state index contributed by atoms with van der Waals surface area (Å²) in [5, 5.41) is 5.01. The van der Waals surface area contributed by atoms with Gasteiger partial charge in [-0.1, -0.05) is 18.2 Å². The SMILES string of the molecule is O=C1NC(=O)C2(CCN(C(=O)Cc3ccc4c(c3)CCC4)CC2)N1. The molecule has 0 radical (unpaired) electrons. The number of carbonyl (C=O) groups excluding carboxylic acids is 3. The number of fused-ring (bicyclic) bond motifs is 1. The van der Waals surface area contributed by atoms with Crippen LogP contribution in [0.4, 0.5) is 4.79 Å². The molecule has 0 saturated carbocycles. The van der Waals surface area contributed by atoms with E-state index in [-0.39, 0.29) is 11.8 Å². The third-order valence-corrected chi connectivity index (χ3v) is 5.50. The largest absolute Gasteiger partial charge is 0.342 e. The lowest BCUT2D eigenvalue weighted by molar-refractivity contribution is -0.135. The zero-order valence-corrected chi connectivity index (χ0v) is 13.6. The average Bonchev–Trinajstić information content (AvgIpc) is 3.12. The number of nitrogens with one attached hydrogen (secondary N) is 2. The summed E-state index contributed by atoms with van der Waals surface area (Å²) < 4.78 is 0. The maximum absolute atomic E-state index is 12.6. The van der Waals surface area contributed by atoms with Crippen LogP contribution in [0.15, 0.2) is 18.2 Å². The Morgan fingerprint density at radius 1 is 1.12 bits per heavy atom. The number of urea groups is 1. The smallest absolute Gasteiger partial charge is 0.322 e. The van der Waals surface area contributed by atoms with Crippen LogP contribution < -0.4 is 10.6 Å². The monoisotopic (exact) mass is 327 g/mol. The van der Waals surface area contributed by atoms with Crippen molar-refractivity contribution >= 4 is 17.8 Å². The van der Waals surface area contributed by atoms with Gasteiger partial charge in [-0.05, 0) is 48.8 Å². The molecule has 0 unspecified atom stereocenters. The van der Waals surface area contributed by atoms with E-state index in [0.717, 1.165) is 18.4 Å². The summed E-state index contributed by atoms with van der Waals surface area (Å²) in [6.45, 7) is 0.995. The van der Waals surface area contributed by atoms with E-state index in [1.165, 1.54) is 17.5 Å². The Kier molecular flexibility index (Phi) is 3.55. The molecule has 1 spiro atoms. The van der Waals surface area contributed by atoms with Crippen molar-refractivity contribution < 1.29 is 14.4 Å². The van der Waals surface area contributed by atoms with Gasteiger partial charge in [0.15, 0.2) is 0 Å². The van der Waals surface area contributed by atoms with E-state index in [2.05, 4.69) is 28.8 Å². The van der Waals surface area contributed by atoms with Gasteiger partial charge in [-0.3, -0.25) is 14.9 Å². The summed E-state index contributed by atoms with van der Waals surface area (Å²) in [4.78, 5) is 37.6. The average molecular weight is 327 g/mol. The van der Waals surface area contributed by atoms with Crippen LogP contribution in [0.5, 0.6) is 0 Å². The van der Waals surface area contributed by atoms with Crippen LogP contribution in [0.2, 0.25) is 0 Å². The van der Waals surface area contributed by atoms with Crippen LogP contribution in [-0.2, 0) is 28.9 Å². The first-order valence-corrected chi connectivity index (χ1v) is 8.58. The van der Waals surface area contributed by atoms with Crippen molar-refractivity contribution in [1.29, 1.82) is 0 Å². The van der Waals surface area contributed by atoms with Crippen molar-refractivity contribution in [2.75, 3.05) is 13.1 Å². The van der Waals surface area contributed by atoms with E-state index >= 15 is 0 Å². The highest BCUT2D eigenvalue weighted by Crippen LogP contribution is 2.27. The Hall–Kier alpha value is -2.37. The number of hydrogen-bond donors (Lipinski definition) is 2. The summed E-state index contributed by atoms with van der Waals surface area (Å²) in [5.74, 6) is -0.175. The molecule has 2 saturated heterocycles. The standard InChI is InChI=1S/C18H21N3O3/c22-15(11-12-4-5-13-2-1-3-14(13)10-12)21-8-6-18(7-9-21)16(23)19-17(24)20-18/h4-5,10H,1-3,6-9,11H2,(H2,19,20,23,24). The number of likely N-dealkylation sites (tertiary alicyclic amines) is 1. The molecule has 1 aromatic rings. The van der Waals surface area contributed by atoms with Crippen LogP contribution >= 0.6 is 0 Å². The molecule has 2 N–H and O–H groups in total. The maximum atomic E-state index is 12.6. The number of piperidine rings is 1. The Morgan fingerprint density at radius 3 is 2.58 bits per heavy atom. The molecule has 24 heavy (non-hydrogen) atoms. The molecule has 3 aliphatic rings. The predicted octanol–water partition coefficient (Wildman–Crippen LogP) is 0.918. The van der Waals surface area contributed by atoms with Gasteiger partial charge in [0.25, 0.3) is 5.91 Å². The number of carbonyl (C=O) groups is 3. The highest BCUT2D eigenvalue weighted by atomic mass is 16.2. The molecule has 2 fully saturated rings. The molecular formula is C18H21N3O3. The van der Waals surface area contributed by atoms with Crippen LogP contribution in [0.1, 0.15) is 36.0 Å². The quantitative estimate of drug-likeness (QED) is 0.793. The fraction of sp³-hybridized carbons (Fsp3) is 0.500.